The Labute approximate surface area is 167 Å². The number of hydrogen-bond acceptors (Lipinski definition) is 3. The fourth-order valence-corrected chi connectivity index (χ4v) is 3.57. The minimum absolute atomic E-state index is 0.166. The van der Waals surface area contributed by atoms with Crippen LogP contribution in [0.2, 0.25) is 0 Å². The van der Waals surface area contributed by atoms with E-state index in [1.165, 1.54) is 12.1 Å². The van der Waals surface area contributed by atoms with Crippen LogP contribution in [0.15, 0.2) is 65.4 Å². The average Bonchev–Trinajstić information content (AvgIpc) is 3.32. The Morgan fingerprint density at radius 2 is 1.81 bits per heavy atom. The Hall–Kier alpha value is -2.60. The molecule has 0 radical (unpaired) electrons. The lowest BCUT2D eigenvalue weighted by molar-refractivity contribution is 0.102. The number of nitrogens with one attached hydrogen (secondary N) is 1. The molecular weight excluding hydrogens is 404 g/mol. The normalized spacial score (nSPS) is 16.5. The number of anilines is 2. The number of aromatic nitrogens is 2. The Morgan fingerprint density at radius 1 is 1.11 bits per heavy atom. The molecule has 1 N–H and O–H groups in total. The number of rotatable bonds is 4. The zero-order valence-corrected chi connectivity index (χ0v) is 16.7. The molecule has 6 heteroatoms. The summed E-state index contributed by atoms with van der Waals surface area (Å²) in [6, 6.07) is 15.8. The maximum atomic E-state index is 12.5. The molecule has 27 heavy (non-hydrogen) atoms. The minimum Gasteiger partial charge on any atom is -0.371 e. The van der Waals surface area contributed by atoms with Crippen LogP contribution < -0.4 is 10.2 Å². The van der Waals surface area contributed by atoms with E-state index in [-0.39, 0.29) is 5.91 Å². The smallest absolute Gasteiger partial charge is 0.258 e. The predicted molar refractivity (Wildman–Crippen MR) is 112 cm³/mol. The van der Waals surface area contributed by atoms with Gasteiger partial charge in [0.1, 0.15) is 0 Å². The second-order valence-corrected chi connectivity index (χ2v) is 7.91. The first-order chi connectivity index (χ1) is 13.1. The Morgan fingerprint density at radius 3 is 2.48 bits per heavy atom. The van der Waals surface area contributed by atoms with Crippen LogP contribution in [0.5, 0.6) is 0 Å². The van der Waals surface area contributed by atoms with Crippen molar-refractivity contribution in [2.45, 2.75) is 13.3 Å². The van der Waals surface area contributed by atoms with Gasteiger partial charge in [0, 0.05) is 35.1 Å². The summed E-state index contributed by atoms with van der Waals surface area (Å²) in [4.78, 5) is 14.9. The molecule has 3 aromatic rings. The number of carbonyl (C=O) groups excluding carboxylic acids is 1. The molecule has 1 saturated heterocycles. The SMILES string of the molecule is CC1CCN(c2ccc(NC(=O)c3cnn(-c4ccc(Br)cc4)c3)cc2)C1. The van der Waals surface area contributed by atoms with Crippen LogP contribution in [0.1, 0.15) is 23.7 Å². The highest BCUT2D eigenvalue weighted by Crippen LogP contribution is 2.25. The van der Waals surface area contributed by atoms with Crippen molar-refractivity contribution in [3.8, 4) is 5.69 Å². The summed E-state index contributed by atoms with van der Waals surface area (Å²) in [5.74, 6) is 0.576. The summed E-state index contributed by atoms with van der Waals surface area (Å²) in [7, 11) is 0. The Kier molecular flexibility index (Phi) is 4.99. The third-order valence-corrected chi connectivity index (χ3v) is 5.38. The minimum atomic E-state index is -0.166. The van der Waals surface area contributed by atoms with E-state index >= 15 is 0 Å². The fourth-order valence-electron chi connectivity index (χ4n) is 3.30. The molecule has 2 heterocycles. The summed E-state index contributed by atoms with van der Waals surface area (Å²) in [6.45, 7) is 4.48. The molecule has 1 aliphatic heterocycles. The van der Waals surface area contributed by atoms with Crippen LogP contribution in [0.25, 0.3) is 5.69 Å². The quantitative estimate of drug-likeness (QED) is 0.658. The van der Waals surface area contributed by atoms with E-state index < -0.39 is 0 Å². The molecule has 1 amide bonds. The molecule has 0 bridgehead atoms. The van der Waals surface area contributed by atoms with Gasteiger partial charge in [-0.25, -0.2) is 4.68 Å². The third kappa shape index (κ3) is 4.06. The van der Waals surface area contributed by atoms with Crippen LogP contribution in [-0.4, -0.2) is 28.8 Å². The van der Waals surface area contributed by atoms with Gasteiger partial charge in [0.25, 0.3) is 5.91 Å². The van der Waals surface area contributed by atoms with Gasteiger partial charge in [0.15, 0.2) is 0 Å². The van der Waals surface area contributed by atoms with Gasteiger partial charge in [-0.1, -0.05) is 22.9 Å². The van der Waals surface area contributed by atoms with Gasteiger partial charge < -0.3 is 10.2 Å². The average molecular weight is 425 g/mol. The van der Waals surface area contributed by atoms with E-state index in [4.69, 9.17) is 0 Å². The van der Waals surface area contributed by atoms with Crippen molar-refractivity contribution in [3.05, 3.63) is 71.0 Å². The van der Waals surface area contributed by atoms with E-state index in [1.54, 1.807) is 17.1 Å². The molecule has 138 valence electrons. The van der Waals surface area contributed by atoms with Crippen molar-refractivity contribution in [2.24, 2.45) is 5.92 Å². The summed E-state index contributed by atoms with van der Waals surface area (Å²) < 4.78 is 2.70. The molecule has 1 aromatic heterocycles. The van der Waals surface area contributed by atoms with Crippen molar-refractivity contribution in [2.75, 3.05) is 23.3 Å². The van der Waals surface area contributed by atoms with Gasteiger partial charge in [0.05, 0.1) is 17.4 Å². The van der Waals surface area contributed by atoms with Crippen LogP contribution >= 0.6 is 15.9 Å². The number of carbonyl (C=O) groups is 1. The number of nitrogens with zero attached hydrogens (tertiary/aromatic N) is 3. The van der Waals surface area contributed by atoms with Crippen molar-refractivity contribution in [1.29, 1.82) is 0 Å². The van der Waals surface area contributed by atoms with Gasteiger partial charge in [-0.15, -0.1) is 0 Å². The van der Waals surface area contributed by atoms with Crippen molar-refractivity contribution < 1.29 is 4.79 Å². The van der Waals surface area contributed by atoms with E-state index in [2.05, 4.69) is 50.3 Å². The maximum absolute atomic E-state index is 12.5. The highest BCUT2D eigenvalue weighted by molar-refractivity contribution is 9.10. The second kappa shape index (κ2) is 7.56. The molecule has 1 atom stereocenters. The topological polar surface area (TPSA) is 50.2 Å². The molecule has 4 rings (SSSR count). The standard InChI is InChI=1S/C21H21BrN4O/c1-15-10-11-25(13-15)19-8-4-18(5-9-19)24-21(27)16-12-23-26(14-16)20-6-2-17(22)3-7-20/h2-9,12,14-15H,10-11,13H2,1H3,(H,24,27). The van der Waals surface area contributed by atoms with Gasteiger partial charge in [-0.2, -0.15) is 5.10 Å². The van der Waals surface area contributed by atoms with Crippen LogP contribution in [0.3, 0.4) is 0 Å². The van der Waals surface area contributed by atoms with Gasteiger partial charge in [-0.05, 0) is 60.9 Å². The van der Waals surface area contributed by atoms with Crippen molar-refractivity contribution in [1.82, 2.24) is 9.78 Å². The molecule has 5 nitrogen and oxygen atoms in total. The largest absolute Gasteiger partial charge is 0.371 e. The van der Waals surface area contributed by atoms with E-state index in [0.29, 0.717) is 5.56 Å². The summed E-state index contributed by atoms with van der Waals surface area (Å²) in [5.41, 5.74) is 3.42. The number of benzene rings is 2. The highest BCUT2D eigenvalue weighted by Gasteiger charge is 2.18. The summed E-state index contributed by atoms with van der Waals surface area (Å²) >= 11 is 3.42. The van der Waals surface area contributed by atoms with Crippen molar-refractivity contribution >= 4 is 33.2 Å². The predicted octanol–water partition coefficient (Wildman–Crippen LogP) is 4.73. The molecule has 1 unspecified atom stereocenters. The van der Waals surface area contributed by atoms with Gasteiger partial charge in [-0.3, -0.25) is 4.79 Å². The fraction of sp³-hybridized carbons (Fsp3) is 0.238. The lowest BCUT2D eigenvalue weighted by Crippen LogP contribution is -2.19. The summed E-state index contributed by atoms with van der Waals surface area (Å²) in [5, 5.41) is 7.23. The van der Waals surface area contributed by atoms with Gasteiger partial charge >= 0.3 is 0 Å². The van der Waals surface area contributed by atoms with Gasteiger partial charge in [0.2, 0.25) is 0 Å². The molecule has 0 saturated carbocycles. The zero-order chi connectivity index (χ0) is 18.8. The van der Waals surface area contributed by atoms with Crippen LogP contribution in [-0.2, 0) is 0 Å². The molecule has 2 aromatic carbocycles. The third-order valence-electron chi connectivity index (χ3n) is 4.85. The molecular formula is C21H21BrN4O. The number of halogens is 1. The Bertz CT molecular complexity index is 934. The number of amides is 1. The van der Waals surface area contributed by atoms with E-state index in [0.717, 1.165) is 34.9 Å². The molecule has 1 fully saturated rings. The summed E-state index contributed by atoms with van der Waals surface area (Å²) in [6.07, 6.45) is 4.55. The molecule has 1 aliphatic rings. The van der Waals surface area contributed by atoms with Crippen molar-refractivity contribution in [3.63, 3.8) is 0 Å². The monoisotopic (exact) mass is 424 g/mol. The second-order valence-electron chi connectivity index (χ2n) is 6.99. The number of hydrogen-bond donors (Lipinski definition) is 1. The highest BCUT2D eigenvalue weighted by atomic mass is 79.9. The van der Waals surface area contributed by atoms with E-state index in [1.807, 2.05) is 36.4 Å². The first-order valence-corrected chi connectivity index (χ1v) is 9.85. The van der Waals surface area contributed by atoms with E-state index in [9.17, 15) is 4.79 Å². The zero-order valence-electron chi connectivity index (χ0n) is 15.1. The lowest BCUT2D eigenvalue weighted by atomic mass is 10.2. The molecule has 0 aliphatic carbocycles. The first kappa shape index (κ1) is 17.8. The van der Waals surface area contributed by atoms with Crippen LogP contribution in [0.4, 0.5) is 11.4 Å². The maximum Gasteiger partial charge on any atom is 0.258 e. The lowest BCUT2D eigenvalue weighted by Gasteiger charge is -2.18. The Balaban J connectivity index is 1.42. The van der Waals surface area contributed by atoms with Crippen LogP contribution in [0, 0.1) is 5.92 Å². The molecule has 0 spiro atoms. The first-order valence-electron chi connectivity index (χ1n) is 9.05.